The van der Waals surface area contributed by atoms with Crippen LogP contribution in [-0.2, 0) is 0 Å². The molecule has 0 aliphatic carbocycles. The lowest BCUT2D eigenvalue weighted by Crippen LogP contribution is -2.30. The van der Waals surface area contributed by atoms with E-state index in [-0.39, 0.29) is 0 Å². The summed E-state index contributed by atoms with van der Waals surface area (Å²) in [5.41, 5.74) is 1.05. The maximum Gasteiger partial charge on any atom is 0.0982 e. The Bertz CT molecular complexity index is 537. The number of fused-ring (bicyclic) bond motifs is 1. The number of benzene rings is 1. The Morgan fingerprint density at radius 3 is 3.18 bits per heavy atom. The molecule has 2 aromatic rings. The monoisotopic (exact) mass is 266 g/mol. The predicted molar refractivity (Wildman–Crippen MR) is 74.1 cm³/mol. The van der Waals surface area contributed by atoms with Crippen molar-refractivity contribution in [3.05, 3.63) is 28.2 Å². The molecule has 3 rings (SSSR count). The minimum absolute atomic E-state index is 0.602. The normalized spacial score (nSPS) is 22.1. The van der Waals surface area contributed by atoms with Crippen molar-refractivity contribution in [2.24, 2.45) is 0 Å². The number of likely N-dealkylation sites (N-methyl/N-ethyl adjacent to an activating group) is 1. The second-order valence-corrected chi connectivity index (χ2v) is 6.26. The van der Waals surface area contributed by atoms with Crippen LogP contribution in [0.25, 0.3) is 10.2 Å². The average Bonchev–Trinajstić information content (AvgIpc) is 2.72. The molecular weight excluding hydrogens is 252 g/mol. The van der Waals surface area contributed by atoms with Crippen LogP contribution >= 0.6 is 22.9 Å². The van der Waals surface area contributed by atoms with Crippen LogP contribution < -0.4 is 0 Å². The van der Waals surface area contributed by atoms with Gasteiger partial charge in [-0.2, -0.15) is 0 Å². The first-order valence-electron chi connectivity index (χ1n) is 5.97. The zero-order valence-corrected chi connectivity index (χ0v) is 11.4. The van der Waals surface area contributed by atoms with Gasteiger partial charge < -0.3 is 4.90 Å². The first-order valence-corrected chi connectivity index (χ1v) is 7.16. The van der Waals surface area contributed by atoms with E-state index in [0.717, 1.165) is 17.1 Å². The summed E-state index contributed by atoms with van der Waals surface area (Å²) in [5.74, 6) is 0.602. The van der Waals surface area contributed by atoms with E-state index in [1.807, 2.05) is 23.5 Å². The van der Waals surface area contributed by atoms with Crippen molar-refractivity contribution >= 4 is 33.2 Å². The minimum Gasteiger partial charge on any atom is -0.306 e. The fraction of sp³-hybridized carbons (Fsp3) is 0.462. The molecule has 0 radical (unpaired) electrons. The highest BCUT2D eigenvalue weighted by Crippen LogP contribution is 2.33. The maximum absolute atomic E-state index is 5.99. The van der Waals surface area contributed by atoms with Gasteiger partial charge in [0.05, 0.1) is 15.2 Å². The third-order valence-electron chi connectivity index (χ3n) is 3.34. The fourth-order valence-corrected chi connectivity index (χ4v) is 3.70. The van der Waals surface area contributed by atoms with Crippen molar-refractivity contribution in [2.45, 2.75) is 18.8 Å². The van der Waals surface area contributed by atoms with Gasteiger partial charge in [-0.3, -0.25) is 0 Å². The summed E-state index contributed by atoms with van der Waals surface area (Å²) < 4.78 is 1.25. The molecule has 1 aromatic carbocycles. The number of piperidine rings is 1. The number of nitrogens with zero attached hydrogens (tertiary/aromatic N) is 2. The summed E-state index contributed by atoms with van der Waals surface area (Å²) in [6.07, 6.45) is 2.54. The highest BCUT2D eigenvalue weighted by atomic mass is 35.5. The van der Waals surface area contributed by atoms with E-state index in [0.29, 0.717) is 5.92 Å². The molecule has 1 aromatic heterocycles. The number of rotatable bonds is 1. The van der Waals surface area contributed by atoms with E-state index in [4.69, 9.17) is 16.6 Å². The maximum atomic E-state index is 5.99. The molecule has 0 N–H and O–H groups in total. The van der Waals surface area contributed by atoms with Crippen LogP contribution in [0.4, 0.5) is 0 Å². The summed E-state index contributed by atoms with van der Waals surface area (Å²) in [4.78, 5) is 7.14. The van der Waals surface area contributed by atoms with Gasteiger partial charge >= 0.3 is 0 Å². The summed E-state index contributed by atoms with van der Waals surface area (Å²) in [7, 11) is 2.19. The van der Waals surface area contributed by atoms with Crippen LogP contribution in [0.5, 0.6) is 0 Å². The average molecular weight is 267 g/mol. The molecule has 17 heavy (non-hydrogen) atoms. The van der Waals surface area contributed by atoms with Crippen LogP contribution in [-0.4, -0.2) is 30.0 Å². The fourth-order valence-electron chi connectivity index (χ4n) is 2.46. The van der Waals surface area contributed by atoms with Gasteiger partial charge in [0, 0.05) is 17.5 Å². The second kappa shape index (κ2) is 4.56. The molecule has 2 heterocycles. The van der Waals surface area contributed by atoms with Gasteiger partial charge in [0.25, 0.3) is 0 Å². The van der Waals surface area contributed by atoms with Gasteiger partial charge in [-0.25, -0.2) is 4.98 Å². The zero-order chi connectivity index (χ0) is 11.8. The van der Waals surface area contributed by atoms with Crippen LogP contribution in [0, 0.1) is 0 Å². The third-order valence-corrected chi connectivity index (χ3v) is 4.77. The van der Waals surface area contributed by atoms with Gasteiger partial charge in [-0.15, -0.1) is 11.3 Å². The molecule has 1 saturated heterocycles. The molecule has 90 valence electrons. The highest BCUT2D eigenvalue weighted by Gasteiger charge is 2.21. The first-order chi connectivity index (χ1) is 8.22. The van der Waals surface area contributed by atoms with Crippen molar-refractivity contribution in [3.8, 4) is 0 Å². The van der Waals surface area contributed by atoms with Crippen LogP contribution in [0.3, 0.4) is 0 Å². The molecule has 4 heteroatoms. The molecular formula is C13H15ClN2S. The Morgan fingerprint density at radius 2 is 2.35 bits per heavy atom. The van der Waals surface area contributed by atoms with E-state index in [2.05, 4.69) is 18.0 Å². The predicted octanol–water partition coefficient (Wildman–Crippen LogP) is 3.76. The van der Waals surface area contributed by atoms with Crippen LogP contribution in [0.15, 0.2) is 18.2 Å². The SMILES string of the molecule is CN1CCC[C@@H](c2nc3cc(Cl)ccc3s2)C1. The molecule has 1 fully saturated rings. The largest absolute Gasteiger partial charge is 0.306 e. The van der Waals surface area contributed by atoms with Gasteiger partial charge in [-0.1, -0.05) is 11.6 Å². The quantitative estimate of drug-likeness (QED) is 0.781. The van der Waals surface area contributed by atoms with Crippen molar-refractivity contribution in [1.29, 1.82) is 0 Å². The topological polar surface area (TPSA) is 16.1 Å². The van der Waals surface area contributed by atoms with Crippen molar-refractivity contribution < 1.29 is 0 Å². The lowest BCUT2D eigenvalue weighted by Gasteiger charge is -2.28. The van der Waals surface area contributed by atoms with Crippen LogP contribution in [0.2, 0.25) is 5.02 Å². The van der Waals surface area contributed by atoms with Gasteiger partial charge in [-0.05, 0) is 44.6 Å². The summed E-state index contributed by atoms with van der Waals surface area (Å²) >= 11 is 7.81. The van der Waals surface area contributed by atoms with Crippen molar-refractivity contribution in [3.63, 3.8) is 0 Å². The molecule has 0 unspecified atom stereocenters. The Morgan fingerprint density at radius 1 is 1.47 bits per heavy atom. The Labute approximate surface area is 110 Å². The Kier molecular flexibility index (Phi) is 3.07. The number of likely N-dealkylation sites (tertiary alicyclic amines) is 1. The smallest absolute Gasteiger partial charge is 0.0982 e. The standard InChI is InChI=1S/C13H15ClN2S/c1-16-6-2-3-9(8-16)13-15-11-7-10(14)4-5-12(11)17-13/h4-5,7,9H,2-3,6,8H2,1H3/t9-/m1/s1. The molecule has 0 spiro atoms. The lowest BCUT2D eigenvalue weighted by molar-refractivity contribution is 0.250. The van der Waals surface area contributed by atoms with E-state index in [9.17, 15) is 0 Å². The Balaban J connectivity index is 1.94. The van der Waals surface area contributed by atoms with Crippen molar-refractivity contribution in [2.75, 3.05) is 20.1 Å². The number of aromatic nitrogens is 1. The molecule has 2 nitrogen and oxygen atoms in total. The second-order valence-electron chi connectivity index (χ2n) is 4.77. The molecule has 0 bridgehead atoms. The van der Waals surface area contributed by atoms with Gasteiger partial charge in [0.15, 0.2) is 0 Å². The summed E-state index contributed by atoms with van der Waals surface area (Å²) in [6.45, 7) is 2.35. The summed E-state index contributed by atoms with van der Waals surface area (Å²) in [5, 5.41) is 2.05. The van der Waals surface area contributed by atoms with Crippen molar-refractivity contribution in [1.82, 2.24) is 9.88 Å². The van der Waals surface area contributed by atoms with Gasteiger partial charge in [0.2, 0.25) is 0 Å². The number of thiazole rings is 1. The number of halogens is 1. The van der Waals surface area contributed by atoms with E-state index in [1.165, 1.54) is 29.1 Å². The third kappa shape index (κ3) is 2.32. The van der Waals surface area contributed by atoms with E-state index in [1.54, 1.807) is 0 Å². The molecule has 1 atom stereocenters. The first kappa shape index (κ1) is 11.5. The molecule has 1 aliphatic rings. The van der Waals surface area contributed by atoms with E-state index < -0.39 is 0 Å². The highest BCUT2D eigenvalue weighted by molar-refractivity contribution is 7.18. The molecule has 0 saturated carbocycles. The van der Waals surface area contributed by atoms with Gasteiger partial charge in [0.1, 0.15) is 0 Å². The Hall–Kier alpha value is -0.640. The molecule has 1 aliphatic heterocycles. The van der Waals surface area contributed by atoms with Crippen LogP contribution in [0.1, 0.15) is 23.8 Å². The minimum atomic E-state index is 0.602. The van der Waals surface area contributed by atoms with E-state index >= 15 is 0 Å². The number of hydrogen-bond acceptors (Lipinski definition) is 3. The zero-order valence-electron chi connectivity index (χ0n) is 9.82. The summed E-state index contributed by atoms with van der Waals surface area (Å²) in [6, 6.07) is 5.98. The lowest BCUT2D eigenvalue weighted by atomic mass is 9.99. The number of hydrogen-bond donors (Lipinski definition) is 0. The molecule has 0 amide bonds.